The Hall–Kier alpha value is -2.10. The molecule has 0 saturated heterocycles. The molecule has 74 valence electrons. The van der Waals surface area contributed by atoms with Gasteiger partial charge < -0.3 is 4.98 Å². The highest BCUT2D eigenvalue weighted by atomic mass is 16.1. The lowest BCUT2D eigenvalue weighted by molar-refractivity contribution is 1.16. The summed E-state index contributed by atoms with van der Waals surface area (Å²) in [6.07, 6.45) is 3.23. The zero-order valence-corrected chi connectivity index (χ0v) is 8.19. The van der Waals surface area contributed by atoms with Crippen LogP contribution in [0.25, 0.3) is 16.6 Å². The van der Waals surface area contributed by atoms with E-state index in [2.05, 4.69) is 9.97 Å². The molecule has 0 aliphatic carbocycles. The maximum absolute atomic E-state index is 11.7. The van der Waals surface area contributed by atoms with Gasteiger partial charge in [0.25, 0.3) is 5.56 Å². The number of hydrogen-bond donors (Lipinski definition) is 1. The van der Waals surface area contributed by atoms with Crippen molar-refractivity contribution in [3.05, 3.63) is 46.6 Å². The van der Waals surface area contributed by atoms with Crippen LogP contribution in [0, 0.1) is 6.92 Å². The van der Waals surface area contributed by atoms with Gasteiger partial charge in [0.2, 0.25) is 0 Å². The highest BCUT2D eigenvalue weighted by Gasteiger charge is 2.05. The lowest BCUT2D eigenvalue weighted by atomic mass is 10.2. The molecule has 2 heterocycles. The fourth-order valence-corrected chi connectivity index (χ4v) is 1.85. The van der Waals surface area contributed by atoms with Gasteiger partial charge >= 0.3 is 0 Å². The first-order chi connectivity index (χ1) is 7.27. The van der Waals surface area contributed by atoms with Crippen LogP contribution in [0.2, 0.25) is 0 Å². The number of rotatable bonds is 0. The Labute approximate surface area is 85.2 Å². The number of fused-ring (bicyclic) bond motifs is 3. The first-order valence-corrected chi connectivity index (χ1v) is 4.71. The van der Waals surface area contributed by atoms with Crippen LogP contribution in [-0.2, 0) is 0 Å². The third kappa shape index (κ3) is 1.01. The molecule has 0 aliphatic heterocycles. The Bertz CT molecular complexity index is 708. The number of aromatic amines is 1. The third-order valence-electron chi connectivity index (χ3n) is 2.62. The molecule has 0 amide bonds. The summed E-state index contributed by atoms with van der Waals surface area (Å²) < 4.78 is 1.81. The van der Waals surface area contributed by atoms with E-state index in [1.807, 2.05) is 25.1 Å². The predicted molar refractivity (Wildman–Crippen MR) is 58.1 cm³/mol. The topological polar surface area (TPSA) is 50.2 Å². The molecular formula is C11H9N3O. The van der Waals surface area contributed by atoms with Crippen LogP contribution in [0.1, 0.15) is 5.56 Å². The van der Waals surface area contributed by atoms with Gasteiger partial charge in [0.1, 0.15) is 5.52 Å². The summed E-state index contributed by atoms with van der Waals surface area (Å²) >= 11 is 0. The molecule has 15 heavy (non-hydrogen) atoms. The van der Waals surface area contributed by atoms with E-state index in [1.165, 1.54) is 0 Å². The number of aryl methyl sites for hydroxylation is 1. The van der Waals surface area contributed by atoms with E-state index in [-0.39, 0.29) is 5.56 Å². The fraction of sp³-hybridized carbons (Fsp3) is 0.0909. The van der Waals surface area contributed by atoms with Crippen LogP contribution in [0.15, 0.2) is 35.5 Å². The molecule has 0 fully saturated rings. The Morgan fingerprint density at radius 2 is 2.20 bits per heavy atom. The molecule has 0 spiro atoms. The minimum absolute atomic E-state index is 0.102. The van der Waals surface area contributed by atoms with Gasteiger partial charge in [0, 0.05) is 0 Å². The maximum atomic E-state index is 11.7. The van der Waals surface area contributed by atoms with E-state index in [9.17, 15) is 4.79 Å². The molecule has 1 aromatic carbocycles. The zero-order chi connectivity index (χ0) is 10.4. The SMILES string of the molecule is Cc1cccc2c1[nH]c(=O)c1cncn12. The quantitative estimate of drug-likeness (QED) is 0.596. The molecule has 2 aromatic heterocycles. The molecule has 0 saturated carbocycles. The minimum Gasteiger partial charge on any atom is -0.319 e. The van der Waals surface area contributed by atoms with Crippen LogP contribution >= 0.6 is 0 Å². The van der Waals surface area contributed by atoms with Gasteiger partial charge in [-0.3, -0.25) is 9.20 Å². The molecule has 0 bridgehead atoms. The van der Waals surface area contributed by atoms with Crippen molar-refractivity contribution in [2.45, 2.75) is 6.92 Å². The van der Waals surface area contributed by atoms with Gasteiger partial charge in [0.05, 0.1) is 23.6 Å². The lowest BCUT2D eigenvalue weighted by Crippen LogP contribution is -2.09. The van der Waals surface area contributed by atoms with Crippen LogP contribution < -0.4 is 5.56 Å². The molecule has 3 aromatic rings. The third-order valence-corrected chi connectivity index (χ3v) is 2.62. The van der Waals surface area contributed by atoms with Gasteiger partial charge in [-0.2, -0.15) is 0 Å². The van der Waals surface area contributed by atoms with E-state index in [0.29, 0.717) is 5.52 Å². The molecule has 0 unspecified atom stereocenters. The number of nitrogens with one attached hydrogen (secondary N) is 1. The Kier molecular flexibility index (Phi) is 1.48. The lowest BCUT2D eigenvalue weighted by Gasteiger charge is -2.03. The zero-order valence-electron chi connectivity index (χ0n) is 8.19. The average molecular weight is 199 g/mol. The van der Waals surface area contributed by atoms with Crippen molar-refractivity contribution in [2.24, 2.45) is 0 Å². The second-order valence-corrected chi connectivity index (χ2v) is 3.57. The van der Waals surface area contributed by atoms with Gasteiger partial charge in [-0.25, -0.2) is 4.98 Å². The van der Waals surface area contributed by atoms with E-state index in [4.69, 9.17) is 0 Å². The van der Waals surface area contributed by atoms with Crippen LogP contribution in [-0.4, -0.2) is 14.4 Å². The first kappa shape index (κ1) is 8.23. The summed E-state index contributed by atoms with van der Waals surface area (Å²) in [5, 5.41) is 0. The van der Waals surface area contributed by atoms with E-state index >= 15 is 0 Å². The van der Waals surface area contributed by atoms with Crippen LogP contribution in [0.3, 0.4) is 0 Å². The van der Waals surface area contributed by atoms with Crippen molar-refractivity contribution >= 4 is 16.6 Å². The molecule has 4 heteroatoms. The number of benzene rings is 1. The summed E-state index contributed by atoms with van der Waals surface area (Å²) in [5.41, 5.74) is 3.37. The molecule has 3 rings (SSSR count). The second-order valence-electron chi connectivity index (χ2n) is 3.57. The van der Waals surface area contributed by atoms with E-state index in [1.54, 1.807) is 16.9 Å². The summed E-state index contributed by atoms with van der Waals surface area (Å²) in [4.78, 5) is 18.5. The van der Waals surface area contributed by atoms with Crippen molar-refractivity contribution in [1.29, 1.82) is 0 Å². The molecule has 0 atom stereocenters. The molecule has 4 nitrogen and oxygen atoms in total. The highest BCUT2D eigenvalue weighted by Crippen LogP contribution is 2.14. The summed E-state index contributed by atoms with van der Waals surface area (Å²) in [6.45, 7) is 1.97. The Balaban J connectivity index is 2.72. The van der Waals surface area contributed by atoms with Crippen molar-refractivity contribution < 1.29 is 0 Å². The largest absolute Gasteiger partial charge is 0.319 e. The molecule has 0 aliphatic rings. The summed E-state index contributed by atoms with van der Waals surface area (Å²) in [7, 11) is 0. The molecular weight excluding hydrogens is 190 g/mol. The smallest absolute Gasteiger partial charge is 0.274 e. The number of H-pyrrole nitrogens is 1. The van der Waals surface area contributed by atoms with Gasteiger partial charge in [-0.05, 0) is 18.6 Å². The predicted octanol–water partition coefficient (Wildman–Crippen LogP) is 1.48. The second kappa shape index (κ2) is 2.70. The maximum Gasteiger partial charge on any atom is 0.274 e. The number of imidazole rings is 1. The normalized spacial score (nSPS) is 11.3. The Morgan fingerprint density at radius 3 is 3.07 bits per heavy atom. The summed E-state index contributed by atoms with van der Waals surface area (Å²) in [5.74, 6) is 0. The van der Waals surface area contributed by atoms with Crippen molar-refractivity contribution in [3.63, 3.8) is 0 Å². The van der Waals surface area contributed by atoms with E-state index < -0.39 is 0 Å². The minimum atomic E-state index is -0.102. The van der Waals surface area contributed by atoms with Crippen molar-refractivity contribution in [1.82, 2.24) is 14.4 Å². The first-order valence-electron chi connectivity index (χ1n) is 4.71. The highest BCUT2D eigenvalue weighted by molar-refractivity contribution is 5.80. The monoisotopic (exact) mass is 199 g/mol. The van der Waals surface area contributed by atoms with Crippen LogP contribution in [0.5, 0.6) is 0 Å². The van der Waals surface area contributed by atoms with Crippen molar-refractivity contribution in [3.8, 4) is 0 Å². The van der Waals surface area contributed by atoms with Crippen LogP contribution in [0.4, 0.5) is 0 Å². The van der Waals surface area contributed by atoms with Gasteiger partial charge in [-0.1, -0.05) is 12.1 Å². The number of nitrogens with zero attached hydrogens (tertiary/aromatic N) is 2. The molecule has 0 radical (unpaired) electrons. The standard InChI is InChI=1S/C11H9N3O/c1-7-3-2-4-8-10(7)13-11(15)9-5-12-6-14(8)9/h2-6H,1H3,(H,13,15). The van der Waals surface area contributed by atoms with Crippen molar-refractivity contribution in [2.75, 3.05) is 0 Å². The van der Waals surface area contributed by atoms with Gasteiger partial charge in [-0.15, -0.1) is 0 Å². The number of hydrogen-bond acceptors (Lipinski definition) is 2. The fourth-order valence-electron chi connectivity index (χ4n) is 1.85. The number of para-hydroxylation sites is 1. The van der Waals surface area contributed by atoms with Gasteiger partial charge in [0.15, 0.2) is 0 Å². The average Bonchev–Trinajstić information content (AvgIpc) is 2.69. The van der Waals surface area contributed by atoms with E-state index in [0.717, 1.165) is 16.6 Å². The molecule has 1 N–H and O–H groups in total. The summed E-state index contributed by atoms with van der Waals surface area (Å²) in [6, 6.07) is 5.91. The Morgan fingerprint density at radius 1 is 1.33 bits per heavy atom. The number of aromatic nitrogens is 3.